The van der Waals surface area contributed by atoms with Crippen LogP contribution in [0.5, 0.6) is 0 Å². The molecule has 3 aromatic heterocycles. The van der Waals surface area contributed by atoms with E-state index in [2.05, 4.69) is 20.4 Å². The van der Waals surface area contributed by atoms with Crippen molar-refractivity contribution in [3.63, 3.8) is 0 Å². The number of nitrogens with zero attached hydrogens (tertiary/aromatic N) is 4. The first-order valence-corrected chi connectivity index (χ1v) is 9.57. The predicted octanol–water partition coefficient (Wildman–Crippen LogP) is 2.86. The molecule has 0 bridgehead atoms. The second-order valence-corrected chi connectivity index (χ2v) is 7.29. The highest BCUT2D eigenvalue weighted by molar-refractivity contribution is 5.91. The van der Waals surface area contributed by atoms with Gasteiger partial charge in [-0.05, 0) is 37.1 Å². The number of para-hydroxylation sites is 1. The van der Waals surface area contributed by atoms with Crippen LogP contribution in [0.25, 0.3) is 10.9 Å². The molecule has 3 heterocycles. The molecule has 4 aromatic rings. The molecule has 30 heavy (non-hydrogen) atoms. The van der Waals surface area contributed by atoms with Crippen LogP contribution in [0.1, 0.15) is 48.0 Å². The first-order chi connectivity index (χ1) is 14.4. The molecule has 0 aliphatic heterocycles. The molecular formula is C21H21N5O4. The predicted molar refractivity (Wildman–Crippen MR) is 108 cm³/mol. The molecule has 0 aliphatic carbocycles. The van der Waals surface area contributed by atoms with Crippen molar-refractivity contribution in [3.05, 3.63) is 76.3 Å². The summed E-state index contributed by atoms with van der Waals surface area (Å²) in [7, 11) is 0. The van der Waals surface area contributed by atoms with Crippen LogP contribution in [-0.2, 0) is 6.54 Å². The van der Waals surface area contributed by atoms with E-state index in [0.717, 1.165) is 0 Å². The lowest BCUT2D eigenvalue weighted by Gasteiger charge is -2.17. The minimum absolute atomic E-state index is 0.0102. The van der Waals surface area contributed by atoms with Crippen LogP contribution in [0.4, 0.5) is 0 Å². The van der Waals surface area contributed by atoms with Gasteiger partial charge in [-0.25, -0.2) is 4.98 Å². The van der Waals surface area contributed by atoms with Gasteiger partial charge >= 0.3 is 0 Å². The van der Waals surface area contributed by atoms with E-state index >= 15 is 0 Å². The second-order valence-electron chi connectivity index (χ2n) is 7.29. The number of aromatic nitrogens is 4. The zero-order valence-corrected chi connectivity index (χ0v) is 16.8. The molecule has 9 nitrogen and oxygen atoms in total. The van der Waals surface area contributed by atoms with Crippen LogP contribution in [0.2, 0.25) is 0 Å². The van der Waals surface area contributed by atoms with Crippen molar-refractivity contribution in [3.8, 4) is 0 Å². The van der Waals surface area contributed by atoms with Gasteiger partial charge in [0.15, 0.2) is 11.6 Å². The molecule has 0 fully saturated rings. The highest BCUT2D eigenvalue weighted by atomic mass is 16.5. The van der Waals surface area contributed by atoms with Crippen LogP contribution < -0.4 is 10.9 Å². The van der Waals surface area contributed by atoms with E-state index < -0.39 is 6.04 Å². The highest BCUT2D eigenvalue weighted by Crippen LogP contribution is 2.21. The largest absolute Gasteiger partial charge is 0.459 e. The minimum atomic E-state index is -0.503. The average Bonchev–Trinajstić information content (AvgIpc) is 3.41. The summed E-state index contributed by atoms with van der Waals surface area (Å²) in [6.07, 6.45) is 1.43. The van der Waals surface area contributed by atoms with Gasteiger partial charge in [0.2, 0.25) is 5.89 Å². The normalized spacial score (nSPS) is 12.4. The van der Waals surface area contributed by atoms with Crippen molar-refractivity contribution >= 4 is 16.8 Å². The summed E-state index contributed by atoms with van der Waals surface area (Å²) in [4.78, 5) is 34.1. The van der Waals surface area contributed by atoms with E-state index in [1.54, 1.807) is 37.3 Å². The third-order valence-electron chi connectivity index (χ3n) is 4.80. The lowest BCUT2D eigenvalue weighted by Crippen LogP contribution is -2.31. The van der Waals surface area contributed by atoms with Crippen molar-refractivity contribution in [1.29, 1.82) is 0 Å². The molecule has 1 N–H and O–H groups in total. The van der Waals surface area contributed by atoms with Crippen molar-refractivity contribution in [2.75, 3.05) is 0 Å². The number of fused-ring (bicyclic) bond motifs is 1. The molecule has 1 atom stereocenters. The van der Waals surface area contributed by atoms with Crippen molar-refractivity contribution in [2.45, 2.75) is 33.4 Å². The molecule has 1 aromatic carbocycles. The Balaban J connectivity index is 1.60. The zero-order chi connectivity index (χ0) is 21.3. The summed E-state index contributed by atoms with van der Waals surface area (Å²) in [5.41, 5.74) is 0.474. The van der Waals surface area contributed by atoms with E-state index in [9.17, 15) is 9.59 Å². The molecule has 4 rings (SSSR count). The number of aryl methyl sites for hydroxylation is 1. The quantitative estimate of drug-likeness (QED) is 0.522. The number of carbonyl (C=O) groups is 1. The Bertz CT molecular complexity index is 1240. The van der Waals surface area contributed by atoms with Gasteiger partial charge in [-0.15, -0.1) is 0 Å². The Labute approximate surface area is 171 Å². The van der Waals surface area contributed by atoms with Crippen LogP contribution in [0.3, 0.4) is 0 Å². The summed E-state index contributed by atoms with van der Waals surface area (Å²) in [5.74, 6) is 0.958. The van der Waals surface area contributed by atoms with E-state index in [1.165, 1.54) is 10.8 Å². The van der Waals surface area contributed by atoms with Crippen LogP contribution in [-0.4, -0.2) is 25.6 Å². The summed E-state index contributed by atoms with van der Waals surface area (Å²) in [6.45, 7) is 5.73. The topological polar surface area (TPSA) is 116 Å². The van der Waals surface area contributed by atoms with Gasteiger partial charge < -0.3 is 14.3 Å². The van der Waals surface area contributed by atoms with E-state index in [0.29, 0.717) is 22.6 Å². The van der Waals surface area contributed by atoms with Gasteiger partial charge in [0.1, 0.15) is 11.9 Å². The van der Waals surface area contributed by atoms with E-state index in [-0.39, 0.29) is 35.6 Å². The molecule has 0 saturated heterocycles. The molecule has 154 valence electrons. The summed E-state index contributed by atoms with van der Waals surface area (Å²) >= 11 is 0. The smallest absolute Gasteiger partial charge is 0.287 e. The fourth-order valence-corrected chi connectivity index (χ4v) is 3.20. The second kappa shape index (κ2) is 7.94. The Morgan fingerprint density at radius 3 is 2.70 bits per heavy atom. The van der Waals surface area contributed by atoms with Gasteiger partial charge in [0, 0.05) is 0 Å². The maximum absolute atomic E-state index is 12.8. The number of benzene rings is 1. The van der Waals surface area contributed by atoms with Crippen LogP contribution >= 0.6 is 0 Å². The van der Waals surface area contributed by atoms with Crippen molar-refractivity contribution in [2.24, 2.45) is 5.92 Å². The van der Waals surface area contributed by atoms with Crippen LogP contribution in [0, 0.1) is 12.8 Å². The van der Waals surface area contributed by atoms with Crippen molar-refractivity contribution in [1.82, 2.24) is 25.0 Å². The summed E-state index contributed by atoms with van der Waals surface area (Å²) < 4.78 is 12.0. The number of carbonyl (C=O) groups excluding carboxylic acids is 1. The lowest BCUT2D eigenvalue weighted by molar-refractivity contribution is 0.0885. The number of hydrogen-bond donors (Lipinski definition) is 1. The van der Waals surface area contributed by atoms with E-state index in [4.69, 9.17) is 8.94 Å². The Hall–Kier alpha value is -3.75. The molecular weight excluding hydrogens is 386 g/mol. The molecule has 1 amide bonds. The number of amides is 1. The Morgan fingerprint density at radius 2 is 1.97 bits per heavy atom. The molecule has 9 heteroatoms. The number of furan rings is 1. The minimum Gasteiger partial charge on any atom is -0.459 e. The number of rotatable bonds is 6. The molecule has 0 spiro atoms. The monoisotopic (exact) mass is 407 g/mol. The third kappa shape index (κ3) is 3.73. The number of hydrogen-bond acceptors (Lipinski definition) is 7. The Morgan fingerprint density at radius 1 is 1.17 bits per heavy atom. The molecule has 0 aliphatic rings. The fourth-order valence-electron chi connectivity index (χ4n) is 3.20. The maximum Gasteiger partial charge on any atom is 0.287 e. The first kappa shape index (κ1) is 19.6. The highest BCUT2D eigenvalue weighted by Gasteiger charge is 2.26. The zero-order valence-electron chi connectivity index (χ0n) is 16.8. The van der Waals surface area contributed by atoms with E-state index in [1.807, 2.05) is 19.9 Å². The van der Waals surface area contributed by atoms with Crippen LogP contribution in [0.15, 0.2) is 56.4 Å². The molecule has 0 saturated carbocycles. The first-order valence-electron chi connectivity index (χ1n) is 9.57. The number of nitrogens with one attached hydrogen (secondary N) is 1. The summed E-state index contributed by atoms with van der Waals surface area (Å²) in [6, 6.07) is 9.89. The van der Waals surface area contributed by atoms with Crippen molar-refractivity contribution < 1.29 is 13.7 Å². The summed E-state index contributed by atoms with van der Waals surface area (Å²) in [5, 5.41) is 7.37. The van der Waals surface area contributed by atoms with Gasteiger partial charge in [-0.2, -0.15) is 4.98 Å². The fraction of sp³-hybridized carbons (Fsp3) is 0.286. The standard InChI is InChI=1S/C21H21N5O4/c1-12(2)18(24-19(27)16-9-6-10-29-16)20-23-17(25-30-20)11-26-13(3)22-15-8-5-4-7-14(15)21(26)28/h4-10,12,18H,11H2,1-3H3,(H,24,27)/t18-/m1/s1. The lowest BCUT2D eigenvalue weighted by atomic mass is 10.0. The van der Waals surface area contributed by atoms with Gasteiger partial charge in [-0.1, -0.05) is 31.1 Å². The Kier molecular flexibility index (Phi) is 5.18. The molecule has 0 radical (unpaired) electrons. The van der Waals surface area contributed by atoms with Gasteiger partial charge in [0.25, 0.3) is 11.5 Å². The van der Waals surface area contributed by atoms with Gasteiger partial charge in [0.05, 0.1) is 23.7 Å². The SMILES string of the molecule is Cc1nc2ccccc2c(=O)n1Cc1noc([C@H](NC(=O)c2ccco2)C(C)C)n1. The third-order valence-corrected chi connectivity index (χ3v) is 4.80. The van der Waals surface area contributed by atoms with Gasteiger partial charge in [-0.3, -0.25) is 14.2 Å². The average molecular weight is 407 g/mol. The molecule has 0 unspecified atom stereocenters. The maximum atomic E-state index is 12.8.